The first-order chi connectivity index (χ1) is 9.89. The van der Waals surface area contributed by atoms with Crippen molar-refractivity contribution in [2.45, 2.75) is 11.3 Å². The summed E-state index contributed by atoms with van der Waals surface area (Å²) in [6.45, 7) is 0.546. The van der Waals surface area contributed by atoms with Crippen molar-refractivity contribution in [3.05, 3.63) is 52.2 Å². The molecule has 0 saturated carbocycles. The van der Waals surface area contributed by atoms with Crippen molar-refractivity contribution in [3.63, 3.8) is 0 Å². The molecule has 21 heavy (non-hydrogen) atoms. The van der Waals surface area contributed by atoms with Gasteiger partial charge in [0.25, 0.3) is 5.91 Å². The van der Waals surface area contributed by atoms with Crippen LogP contribution in [0.3, 0.4) is 0 Å². The molecule has 0 radical (unpaired) electrons. The van der Waals surface area contributed by atoms with Crippen molar-refractivity contribution in [1.29, 1.82) is 0 Å². The quantitative estimate of drug-likeness (QED) is 0.849. The van der Waals surface area contributed by atoms with Gasteiger partial charge in [-0.05, 0) is 23.4 Å². The first-order valence-corrected chi connectivity index (χ1v) is 9.23. The standard InChI is InChI=1S/C15H17NO3S2/c1-16(10-8-12-6-4-3-5-7-12)15(17)14-13(9-11-20-14)21(2,18)19/h3-7,9,11H,8,10H2,1-2H3. The molecule has 1 aromatic heterocycles. The monoisotopic (exact) mass is 323 g/mol. The molecule has 0 aliphatic carbocycles. The fraction of sp³-hybridized carbons (Fsp3) is 0.267. The molecule has 0 aliphatic heterocycles. The molecule has 0 atom stereocenters. The Morgan fingerprint density at radius 1 is 1.19 bits per heavy atom. The second-order valence-electron chi connectivity index (χ2n) is 4.85. The largest absolute Gasteiger partial charge is 0.341 e. The lowest BCUT2D eigenvalue weighted by Gasteiger charge is -2.17. The highest BCUT2D eigenvalue weighted by molar-refractivity contribution is 7.91. The van der Waals surface area contributed by atoms with Gasteiger partial charge in [-0.3, -0.25) is 4.79 Å². The van der Waals surface area contributed by atoms with Crippen molar-refractivity contribution in [3.8, 4) is 0 Å². The van der Waals surface area contributed by atoms with E-state index in [1.165, 1.54) is 6.07 Å². The van der Waals surface area contributed by atoms with Gasteiger partial charge in [-0.15, -0.1) is 11.3 Å². The average molecular weight is 323 g/mol. The first-order valence-electron chi connectivity index (χ1n) is 6.46. The summed E-state index contributed by atoms with van der Waals surface area (Å²) in [5, 5.41) is 1.63. The van der Waals surface area contributed by atoms with E-state index in [0.717, 1.165) is 29.6 Å². The summed E-state index contributed by atoms with van der Waals surface area (Å²) in [5.41, 5.74) is 1.15. The molecular weight excluding hydrogens is 306 g/mol. The van der Waals surface area contributed by atoms with E-state index in [0.29, 0.717) is 6.54 Å². The second-order valence-corrected chi connectivity index (χ2v) is 7.75. The molecule has 2 rings (SSSR count). The van der Waals surface area contributed by atoms with E-state index in [9.17, 15) is 13.2 Å². The summed E-state index contributed by atoms with van der Waals surface area (Å²) < 4.78 is 23.3. The highest BCUT2D eigenvalue weighted by atomic mass is 32.2. The van der Waals surface area contributed by atoms with Gasteiger partial charge in [0.15, 0.2) is 9.84 Å². The van der Waals surface area contributed by atoms with Crippen LogP contribution in [0.15, 0.2) is 46.7 Å². The van der Waals surface area contributed by atoms with Gasteiger partial charge in [0.2, 0.25) is 0 Å². The third kappa shape index (κ3) is 3.92. The van der Waals surface area contributed by atoms with Crippen molar-refractivity contribution < 1.29 is 13.2 Å². The molecule has 112 valence electrons. The number of benzene rings is 1. The Labute approximate surface area is 129 Å². The molecular formula is C15H17NO3S2. The van der Waals surface area contributed by atoms with Gasteiger partial charge >= 0.3 is 0 Å². The predicted molar refractivity (Wildman–Crippen MR) is 84.5 cm³/mol. The summed E-state index contributed by atoms with van der Waals surface area (Å²) in [6, 6.07) is 11.4. The summed E-state index contributed by atoms with van der Waals surface area (Å²) in [7, 11) is -1.68. The van der Waals surface area contributed by atoms with Gasteiger partial charge in [0.1, 0.15) is 4.88 Å². The van der Waals surface area contributed by atoms with Gasteiger partial charge in [0.05, 0.1) is 4.90 Å². The molecule has 1 heterocycles. The Morgan fingerprint density at radius 2 is 1.86 bits per heavy atom. The Hall–Kier alpha value is -1.66. The topological polar surface area (TPSA) is 54.5 Å². The van der Waals surface area contributed by atoms with Crippen LogP contribution in [-0.4, -0.2) is 39.1 Å². The van der Waals surface area contributed by atoms with Crippen LogP contribution in [-0.2, 0) is 16.3 Å². The first kappa shape index (κ1) is 15.7. The van der Waals surface area contributed by atoms with E-state index in [1.807, 2.05) is 30.3 Å². The van der Waals surface area contributed by atoms with Gasteiger partial charge in [0, 0.05) is 19.8 Å². The Bertz CT molecular complexity index is 720. The third-order valence-electron chi connectivity index (χ3n) is 3.15. The van der Waals surface area contributed by atoms with Crippen LogP contribution >= 0.6 is 11.3 Å². The van der Waals surface area contributed by atoms with E-state index in [4.69, 9.17) is 0 Å². The number of amides is 1. The molecule has 1 amide bonds. The van der Waals surface area contributed by atoms with E-state index in [-0.39, 0.29) is 15.7 Å². The zero-order valence-corrected chi connectivity index (χ0v) is 13.6. The predicted octanol–water partition coefficient (Wildman–Crippen LogP) is 2.47. The summed E-state index contributed by atoms with van der Waals surface area (Å²) in [4.78, 5) is 14.3. The molecule has 0 fully saturated rings. The SMILES string of the molecule is CN(CCc1ccccc1)C(=O)c1sccc1S(C)(=O)=O. The normalized spacial score (nSPS) is 11.3. The fourth-order valence-corrected chi connectivity index (χ4v) is 4.17. The van der Waals surface area contributed by atoms with E-state index in [1.54, 1.807) is 17.3 Å². The van der Waals surface area contributed by atoms with Crippen LogP contribution in [0.2, 0.25) is 0 Å². The Kier molecular flexibility index (Phi) is 4.80. The number of carbonyl (C=O) groups excluding carboxylic acids is 1. The summed E-state index contributed by atoms with van der Waals surface area (Å²) in [5.74, 6) is -0.249. The smallest absolute Gasteiger partial charge is 0.265 e. The van der Waals surface area contributed by atoms with E-state index < -0.39 is 9.84 Å². The fourth-order valence-electron chi connectivity index (χ4n) is 1.96. The molecule has 0 spiro atoms. The van der Waals surface area contributed by atoms with Crippen LogP contribution in [0.1, 0.15) is 15.2 Å². The minimum atomic E-state index is -3.37. The lowest BCUT2D eigenvalue weighted by atomic mass is 10.1. The number of hydrogen-bond acceptors (Lipinski definition) is 4. The molecule has 0 bridgehead atoms. The maximum absolute atomic E-state index is 12.4. The third-order valence-corrected chi connectivity index (χ3v) is 5.32. The summed E-state index contributed by atoms with van der Waals surface area (Å²) in [6.07, 6.45) is 1.86. The van der Waals surface area contributed by atoms with Crippen molar-refractivity contribution in [1.82, 2.24) is 4.90 Å². The van der Waals surface area contributed by atoms with Crippen LogP contribution in [0.4, 0.5) is 0 Å². The van der Waals surface area contributed by atoms with Gasteiger partial charge in [-0.2, -0.15) is 0 Å². The highest BCUT2D eigenvalue weighted by Gasteiger charge is 2.22. The maximum atomic E-state index is 12.4. The van der Waals surface area contributed by atoms with Crippen molar-refractivity contribution >= 4 is 27.1 Å². The van der Waals surface area contributed by atoms with E-state index >= 15 is 0 Å². The van der Waals surface area contributed by atoms with Crippen LogP contribution < -0.4 is 0 Å². The number of carbonyl (C=O) groups is 1. The Balaban J connectivity index is 2.08. The van der Waals surface area contributed by atoms with Gasteiger partial charge in [-0.25, -0.2) is 8.42 Å². The number of nitrogens with zero attached hydrogens (tertiary/aromatic N) is 1. The molecule has 2 aromatic rings. The zero-order valence-electron chi connectivity index (χ0n) is 11.9. The van der Waals surface area contributed by atoms with Crippen molar-refractivity contribution in [2.24, 2.45) is 0 Å². The van der Waals surface area contributed by atoms with E-state index in [2.05, 4.69) is 0 Å². The van der Waals surface area contributed by atoms with Crippen LogP contribution in [0.5, 0.6) is 0 Å². The average Bonchev–Trinajstić information content (AvgIpc) is 2.94. The second kappa shape index (κ2) is 6.41. The molecule has 0 saturated heterocycles. The molecule has 6 heteroatoms. The molecule has 1 aromatic carbocycles. The van der Waals surface area contributed by atoms with Gasteiger partial charge in [-0.1, -0.05) is 30.3 Å². The lowest BCUT2D eigenvalue weighted by molar-refractivity contribution is 0.0798. The lowest BCUT2D eigenvalue weighted by Crippen LogP contribution is -2.29. The minimum absolute atomic E-state index is 0.115. The van der Waals surface area contributed by atoms with Crippen LogP contribution in [0.25, 0.3) is 0 Å². The molecule has 4 nitrogen and oxygen atoms in total. The molecule has 0 aliphatic rings. The summed E-state index contributed by atoms with van der Waals surface area (Å²) >= 11 is 1.16. The maximum Gasteiger partial charge on any atom is 0.265 e. The number of thiophene rings is 1. The molecule has 0 unspecified atom stereocenters. The van der Waals surface area contributed by atoms with Crippen molar-refractivity contribution in [2.75, 3.05) is 19.8 Å². The molecule has 0 N–H and O–H groups in total. The van der Waals surface area contributed by atoms with Crippen LogP contribution in [0, 0.1) is 0 Å². The Morgan fingerprint density at radius 3 is 2.48 bits per heavy atom. The number of likely N-dealkylation sites (N-methyl/N-ethyl adjacent to an activating group) is 1. The highest BCUT2D eigenvalue weighted by Crippen LogP contribution is 2.23. The zero-order chi connectivity index (χ0) is 15.5. The number of rotatable bonds is 5. The minimum Gasteiger partial charge on any atom is -0.341 e. The number of sulfone groups is 1. The number of hydrogen-bond donors (Lipinski definition) is 0. The van der Waals surface area contributed by atoms with Gasteiger partial charge < -0.3 is 4.90 Å².